The summed E-state index contributed by atoms with van der Waals surface area (Å²) in [5, 5.41) is 6.97. The molecule has 0 aliphatic carbocycles. The Kier molecular flexibility index (Phi) is 7.22. The average Bonchev–Trinajstić information content (AvgIpc) is 3.12. The first kappa shape index (κ1) is 21.3. The summed E-state index contributed by atoms with van der Waals surface area (Å²) < 4.78 is 4.91. The molecule has 152 valence electrons. The maximum absolute atomic E-state index is 12.3. The second-order valence-corrected chi connectivity index (χ2v) is 8.28. The van der Waals surface area contributed by atoms with Crippen molar-refractivity contribution in [2.75, 3.05) is 17.7 Å². The number of nitrogens with one attached hydrogen (secondary N) is 1. The number of nitrogens with zero attached hydrogens (tertiary/aromatic N) is 2. The average molecular weight is 430 g/mol. The predicted octanol–water partition coefficient (Wildman–Crippen LogP) is 4.40. The van der Waals surface area contributed by atoms with Crippen LogP contribution in [0.5, 0.6) is 0 Å². The summed E-state index contributed by atoms with van der Waals surface area (Å²) in [7, 11) is 0. The van der Waals surface area contributed by atoms with Crippen molar-refractivity contribution in [2.45, 2.75) is 38.6 Å². The lowest BCUT2D eigenvalue weighted by atomic mass is 10.1. The lowest BCUT2D eigenvalue weighted by Gasteiger charge is -2.08. The Bertz CT molecular complexity index is 1030. The van der Waals surface area contributed by atoms with Crippen LogP contribution < -0.4 is 5.32 Å². The van der Waals surface area contributed by atoms with Gasteiger partial charge in [-0.1, -0.05) is 24.8 Å². The molecule has 29 heavy (non-hydrogen) atoms. The first-order valence-corrected chi connectivity index (χ1v) is 11.3. The van der Waals surface area contributed by atoms with Crippen molar-refractivity contribution < 1.29 is 14.3 Å². The van der Waals surface area contributed by atoms with E-state index in [0.717, 1.165) is 27.9 Å². The minimum Gasteiger partial charge on any atom is -0.466 e. The normalized spacial score (nSPS) is 10.9. The maximum atomic E-state index is 12.3. The van der Waals surface area contributed by atoms with Gasteiger partial charge in [0.05, 0.1) is 30.0 Å². The lowest BCUT2D eigenvalue weighted by molar-refractivity contribution is -0.142. The molecule has 8 heteroatoms. The van der Waals surface area contributed by atoms with Gasteiger partial charge in [0.1, 0.15) is 5.03 Å². The molecular formula is C21H23N3O3S2. The molecule has 0 aliphatic rings. The number of hydrogen-bond acceptors (Lipinski definition) is 7. The molecule has 0 fully saturated rings. The van der Waals surface area contributed by atoms with Crippen LogP contribution in [0.1, 0.15) is 30.7 Å². The second kappa shape index (κ2) is 9.84. The van der Waals surface area contributed by atoms with Crippen molar-refractivity contribution in [2.24, 2.45) is 0 Å². The van der Waals surface area contributed by atoms with Crippen LogP contribution in [-0.4, -0.2) is 34.2 Å². The maximum Gasteiger partial charge on any atom is 0.311 e. The van der Waals surface area contributed by atoms with Crippen molar-refractivity contribution in [3.63, 3.8) is 0 Å². The van der Waals surface area contributed by atoms with Gasteiger partial charge < -0.3 is 10.1 Å². The number of rotatable bonds is 8. The fourth-order valence-corrected chi connectivity index (χ4v) is 4.29. The third-order valence-electron chi connectivity index (χ3n) is 4.20. The van der Waals surface area contributed by atoms with Gasteiger partial charge >= 0.3 is 5.97 Å². The van der Waals surface area contributed by atoms with Crippen LogP contribution in [0.3, 0.4) is 0 Å². The molecule has 0 radical (unpaired) electrons. The van der Waals surface area contributed by atoms with Crippen LogP contribution in [0, 0.1) is 6.92 Å². The Balaban J connectivity index is 1.58. The Morgan fingerprint density at radius 2 is 2.03 bits per heavy atom. The molecule has 1 N–H and O–H groups in total. The summed E-state index contributed by atoms with van der Waals surface area (Å²) in [6, 6.07) is 8.39. The highest BCUT2D eigenvalue weighted by molar-refractivity contribution is 8.00. The van der Waals surface area contributed by atoms with Crippen molar-refractivity contribution in [1.29, 1.82) is 0 Å². The second-order valence-electron chi connectivity index (χ2n) is 6.45. The molecule has 0 unspecified atom stereocenters. The topological polar surface area (TPSA) is 81.2 Å². The Hall–Kier alpha value is -2.45. The molecular weight excluding hydrogens is 406 g/mol. The molecule has 6 nitrogen and oxygen atoms in total. The summed E-state index contributed by atoms with van der Waals surface area (Å²) in [6.45, 7) is 6.24. The number of esters is 1. The van der Waals surface area contributed by atoms with E-state index in [1.54, 1.807) is 12.3 Å². The number of ether oxygens (including phenoxy) is 1. The number of fused-ring (bicyclic) bond motifs is 1. The molecule has 0 saturated heterocycles. The Morgan fingerprint density at radius 3 is 2.79 bits per heavy atom. The first-order valence-electron chi connectivity index (χ1n) is 9.41. The minimum absolute atomic E-state index is 0.106. The van der Waals surface area contributed by atoms with E-state index in [-0.39, 0.29) is 24.1 Å². The number of thiazole rings is 1. The Morgan fingerprint density at radius 1 is 1.21 bits per heavy atom. The smallest absolute Gasteiger partial charge is 0.311 e. The molecule has 0 saturated carbocycles. The zero-order valence-corrected chi connectivity index (χ0v) is 18.3. The quantitative estimate of drug-likeness (QED) is 0.422. The SMILES string of the molecule is CCOC(=O)Cc1csc(NC(=O)CSc2nc3ccc(CC)cc3cc2C)n1. The zero-order valence-electron chi connectivity index (χ0n) is 16.7. The first-order chi connectivity index (χ1) is 14.0. The van der Waals surface area contributed by atoms with Gasteiger partial charge in [-0.2, -0.15) is 0 Å². The highest BCUT2D eigenvalue weighted by Crippen LogP contribution is 2.25. The highest BCUT2D eigenvalue weighted by atomic mass is 32.2. The van der Waals surface area contributed by atoms with Crippen LogP contribution in [-0.2, 0) is 27.2 Å². The van der Waals surface area contributed by atoms with Crippen LogP contribution in [0.2, 0.25) is 0 Å². The molecule has 2 heterocycles. The summed E-state index contributed by atoms with van der Waals surface area (Å²) in [4.78, 5) is 32.8. The van der Waals surface area contributed by atoms with Gasteiger partial charge in [-0.3, -0.25) is 9.59 Å². The molecule has 0 aliphatic heterocycles. The van der Waals surface area contributed by atoms with E-state index in [1.807, 2.05) is 13.0 Å². The molecule has 0 spiro atoms. The number of thioether (sulfide) groups is 1. The van der Waals surface area contributed by atoms with Crippen LogP contribution in [0.4, 0.5) is 5.13 Å². The van der Waals surface area contributed by atoms with Gasteiger partial charge in [-0.15, -0.1) is 11.3 Å². The number of benzene rings is 1. The van der Waals surface area contributed by atoms with Gasteiger partial charge in [0.25, 0.3) is 0 Å². The minimum atomic E-state index is -0.324. The van der Waals surface area contributed by atoms with Crippen LogP contribution in [0.25, 0.3) is 10.9 Å². The number of anilines is 1. The number of carbonyl (C=O) groups is 2. The summed E-state index contributed by atoms with van der Waals surface area (Å²) >= 11 is 2.70. The van der Waals surface area contributed by atoms with Gasteiger partial charge in [0.2, 0.25) is 5.91 Å². The van der Waals surface area contributed by atoms with Gasteiger partial charge in [-0.05, 0) is 49.6 Å². The predicted molar refractivity (Wildman–Crippen MR) is 118 cm³/mol. The van der Waals surface area contributed by atoms with Crippen molar-refractivity contribution in [3.05, 3.63) is 46.5 Å². The third-order valence-corrected chi connectivity index (χ3v) is 6.10. The van der Waals surface area contributed by atoms with Crippen molar-refractivity contribution in [3.8, 4) is 0 Å². The number of aryl methyl sites for hydroxylation is 2. The van der Waals surface area contributed by atoms with Gasteiger partial charge in [0.15, 0.2) is 5.13 Å². The molecule has 1 aromatic carbocycles. The van der Waals surface area contributed by atoms with E-state index in [4.69, 9.17) is 9.72 Å². The molecule has 2 aromatic heterocycles. The molecule has 0 atom stereocenters. The van der Waals surface area contributed by atoms with Crippen LogP contribution in [0.15, 0.2) is 34.7 Å². The number of carbonyl (C=O) groups excluding carboxylic acids is 2. The number of hydrogen-bond donors (Lipinski definition) is 1. The van der Waals surface area contributed by atoms with Crippen molar-refractivity contribution in [1.82, 2.24) is 9.97 Å². The molecule has 1 amide bonds. The monoisotopic (exact) mass is 429 g/mol. The van der Waals surface area contributed by atoms with E-state index in [1.165, 1.54) is 28.7 Å². The molecule has 3 rings (SSSR count). The largest absolute Gasteiger partial charge is 0.466 e. The number of pyridine rings is 1. The third kappa shape index (κ3) is 5.77. The highest BCUT2D eigenvalue weighted by Gasteiger charge is 2.12. The Labute approximate surface area is 178 Å². The van der Waals surface area contributed by atoms with E-state index < -0.39 is 0 Å². The fourth-order valence-electron chi connectivity index (χ4n) is 2.77. The number of amides is 1. The van der Waals surface area contributed by atoms with E-state index in [0.29, 0.717) is 17.4 Å². The summed E-state index contributed by atoms with van der Waals surface area (Å²) in [5.41, 5.74) is 3.85. The summed E-state index contributed by atoms with van der Waals surface area (Å²) in [6.07, 6.45) is 1.10. The van der Waals surface area contributed by atoms with E-state index in [2.05, 4.69) is 35.4 Å². The molecule has 3 aromatic rings. The standard InChI is InChI=1S/C21H23N3O3S2/c1-4-14-6-7-17-15(9-14)8-13(3)20(23-17)28-12-18(25)24-21-22-16(11-29-21)10-19(26)27-5-2/h6-9,11H,4-5,10,12H2,1-3H3,(H,22,24,25). The van der Waals surface area contributed by atoms with Gasteiger partial charge in [0, 0.05) is 10.8 Å². The van der Waals surface area contributed by atoms with E-state index in [9.17, 15) is 9.59 Å². The summed E-state index contributed by atoms with van der Waals surface area (Å²) in [5.74, 6) is -0.246. The van der Waals surface area contributed by atoms with Crippen molar-refractivity contribution >= 4 is 51.0 Å². The van der Waals surface area contributed by atoms with Gasteiger partial charge in [-0.25, -0.2) is 9.97 Å². The fraction of sp³-hybridized carbons (Fsp3) is 0.333. The van der Waals surface area contributed by atoms with E-state index >= 15 is 0 Å². The van der Waals surface area contributed by atoms with Crippen LogP contribution >= 0.6 is 23.1 Å². The molecule has 0 bridgehead atoms. The zero-order chi connectivity index (χ0) is 20.8. The number of aromatic nitrogens is 2. The lowest BCUT2D eigenvalue weighted by Crippen LogP contribution is -2.14.